The number of carbonyl (C=O) groups is 1. The van der Waals surface area contributed by atoms with E-state index in [-0.39, 0.29) is 17.6 Å². The average Bonchev–Trinajstić information content (AvgIpc) is 3.56. The lowest BCUT2D eigenvalue weighted by Gasteiger charge is -2.09. The second-order valence-electron chi connectivity index (χ2n) is 9.77. The van der Waals surface area contributed by atoms with E-state index in [1.807, 2.05) is 62.4 Å². The molecule has 0 fully saturated rings. The molecule has 3 N–H and O–H groups in total. The minimum atomic E-state index is -0.356. The predicted octanol–water partition coefficient (Wildman–Crippen LogP) is 7.18. The molecule has 0 atom stereocenters. The molecule has 6 rings (SSSR count). The summed E-state index contributed by atoms with van der Waals surface area (Å²) in [5, 5.41) is 12.5. The molecule has 0 aliphatic rings. The molecule has 1 amide bonds. The maximum Gasteiger partial charge on any atom is 0.226 e. The summed E-state index contributed by atoms with van der Waals surface area (Å²) in [4.78, 5) is 20.0. The summed E-state index contributed by atoms with van der Waals surface area (Å²) in [5.41, 5.74) is 7.50. The summed E-state index contributed by atoms with van der Waals surface area (Å²) >= 11 is 0. The highest BCUT2D eigenvalue weighted by Crippen LogP contribution is 2.36. The van der Waals surface area contributed by atoms with Crippen LogP contribution in [0.25, 0.3) is 55.4 Å². The van der Waals surface area contributed by atoms with E-state index in [0.29, 0.717) is 11.4 Å². The minimum Gasteiger partial charge on any atom is -0.497 e. The zero-order chi connectivity index (χ0) is 27.1. The van der Waals surface area contributed by atoms with Gasteiger partial charge in [-0.15, -0.1) is 0 Å². The van der Waals surface area contributed by atoms with Crippen molar-refractivity contribution in [3.05, 3.63) is 84.9 Å². The Morgan fingerprint density at radius 1 is 0.923 bits per heavy atom. The van der Waals surface area contributed by atoms with Crippen LogP contribution in [0, 0.1) is 11.7 Å². The minimum absolute atomic E-state index is 0.0589. The average molecular weight is 520 g/mol. The molecule has 8 heteroatoms. The summed E-state index contributed by atoms with van der Waals surface area (Å²) in [6.45, 7) is 3.70. The summed E-state index contributed by atoms with van der Waals surface area (Å²) in [7, 11) is 1.53. The number of nitrogens with zero attached hydrogens (tertiary/aromatic N) is 2. The molecular weight excluding hydrogens is 493 g/mol. The van der Waals surface area contributed by atoms with Gasteiger partial charge in [-0.25, -0.2) is 4.39 Å². The van der Waals surface area contributed by atoms with Crippen molar-refractivity contribution in [2.24, 2.45) is 5.92 Å². The lowest BCUT2D eigenvalue weighted by atomic mass is 10.0. The Balaban J connectivity index is 1.41. The molecule has 0 bridgehead atoms. The fourth-order valence-electron chi connectivity index (χ4n) is 4.72. The van der Waals surface area contributed by atoms with Crippen LogP contribution in [0.5, 0.6) is 5.75 Å². The number of rotatable bonds is 6. The fourth-order valence-corrected chi connectivity index (χ4v) is 4.72. The zero-order valence-corrected chi connectivity index (χ0v) is 21.7. The number of nitrogens with one attached hydrogen (secondary N) is 3. The molecular formula is C31H26FN5O2. The smallest absolute Gasteiger partial charge is 0.226 e. The number of anilines is 1. The van der Waals surface area contributed by atoms with Crippen molar-refractivity contribution >= 4 is 33.4 Å². The molecule has 0 aliphatic heterocycles. The molecule has 3 aromatic heterocycles. The molecule has 6 aromatic rings. The Bertz CT molecular complexity index is 1850. The molecule has 0 saturated heterocycles. The van der Waals surface area contributed by atoms with Gasteiger partial charge in [0.2, 0.25) is 5.91 Å². The molecule has 0 radical (unpaired) electrons. The first-order valence-electron chi connectivity index (χ1n) is 12.6. The van der Waals surface area contributed by atoms with Crippen molar-refractivity contribution in [1.82, 2.24) is 20.2 Å². The second kappa shape index (κ2) is 9.72. The maximum absolute atomic E-state index is 14.3. The van der Waals surface area contributed by atoms with Crippen molar-refractivity contribution in [3.8, 4) is 39.4 Å². The van der Waals surface area contributed by atoms with Crippen LogP contribution in [-0.4, -0.2) is 33.2 Å². The molecule has 0 saturated carbocycles. The number of methoxy groups -OCH3 is 1. The number of pyridine rings is 1. The van der Waals surface area contributed by atoms with Gasteiger partial charge in [-0.1, -0.05) is 32.0 Å². The number of amides is 1. The SMILES string of the molecule is COc1cc(F)cc(-c2cccc3[nH]c(-c4n[nH]c5ccc(-c6cncc(NC(=O)C(C)C)c6)cc45)cc23)c1. The van der Waals surface area contributed by atoms with Crippen LogP contribution in [0.4, 0.5) is 10.1 Å². The van der Waals surface area contributed by atoms with Gasteiger partial charge in [0.25, 0.3) is 0 Å². The third-order valence-electron chi connectivity index (χ3n) is 6.76. The number of benzene rings is 3. The van der Waals surface area contributed by atoms with Crippen LogP contribution >= 0.6 is 0 Å². The summed E-state index contributed by atoms with van der Waals surface area (Å²) in [6, 6.07) is 20.6. The Morgan fingerprint density at radius 2 is 1.79 bits per heavy atom. The number of halogens is 1. The summed E-state index contributed by atoms with van der Waals surface area (Å²) in [5.74, 6) is -0.0779. The largest absolute Gasteiger partial charge is 0.497 e. The van der Waals surface area contributed by atoms with Gasteiger partial charge in [-0.05, 0) is 59.2 Å². The highest BCUT2D eigenvalue weighted by atomic mass is 19.1. The Kier molecular flexibility index (Phi) is 6.07. The molecule has 3 aromatic carbocycles. The Hall–Kier alpha value is -4.98. The second-order valence-corrected chi connectivity index (χ2v) is 9.77. The van der Waals surface area contributed by atoms with Crippen molar-refractivity contribution in [3.63, 3.8) is 0 Å². The summed E-state index contributed by atoms with van der Waals surface area (Å²) < 4.78 is 19.6. The normalized spacial score (nSPS) is 11.4. The number of fused-ring (bicyclic) bond motifs is 2. The van der Waals surface area contributed by atoms with E-state index in [9.17, 15) is 9.18 Å². The fraction of sp³-hybridized carbons (Fsp3) is 0.129. The zero-order valence-electron chi connectivity index (χ0n) is 21.7. The van der Waals surface area contributed by atoms with Crippen molar-refractivity contribution in [2.75, 3.05) is 12.4 Å². The van der Waals surface area contributed by atoms with Gasteiger partial charge in [-0.3, -0.25) is 14.9 Å². The Morgan fingerprint density at radius 3 is 2.62 bits per heavy atom. The van der Waals surface area contributed by atoms with Crippen molar-refractivity contribution in [1.29, 1.82) is 0 Å². The molecule has 0 unspecified atom stereocenters. The molecule has 0 spiro atoms. The first-order valence-corrected chi connectivity index (χ1v) is 12.6. The third-order valence-corrected chi connectivity index (χ3v) is 6.76. The van der Waals surface area contributed by atoms with Gasteiger partial charge in [-0.2, -0.15) is 5.10 Å². The number of hydrogen-bond acceptors (Lipinski definition) is 4. The number of H-pyrrole nitrogens is 2. The number of carbonyl (C=O) groups excluding carboxylic acids is 1. The highest BCUT2D eigenvalue weighted by molar-refractivity contribution is 6.02. The van der Waals surface area contributed by atoms with Crippen LogP contribution in [0.2, 0.25) is 0 Å². The quantitative estimate of drug-likeness (QED) is 0.217. The number of aromatic amines is 2. The van der Waals surface area contributed by atoms with E-state index in [1.54, 1.807) is 12.4 Å². The predicted molar refractivity (Wildman–Crippen MR) is 152 cm³/mol. The van der Waals surface area contributed by atoms with Crippen LogP contribution in [-0.2, 0) is 4.79 Å². The number of aromatic nitrogens is 4. The van der Waals surface area contributed by atoms with Crippen molar-refractivity contribution < 1.29 is 13.9 Å². The van der Waals surface area contributed by atoms with E-state index < -0.39 is 0 Å². The van der Waals surface area contributed by atoms with E-state index in [4.69, 9.17) is 4.74 Å². The van der Waals surface area contributed by atoms with Crippen LogP contribution in [0.15, 0.2) is 79.1 Å². The van der Waals surface area contributed by atoms with Gasteiger partial charge < -0.3 is 15.0 Å². The summed E-state index contributed by atoms with van der Waals surface area (Å²) in [6.07, 6.45) is 3.41. The van der Waals surface area contributed by atoms with Gasteiger partial charge >= 0.3 is 0 Å². The van der Waals surface area contributed by atoms with Gasteiger partial charge in [0.15, 0.2) is 0 Å². The van der Waals surface area contributed by atoms with Crippen LogP contribution in [0.1, 0.15) is 13.8 Å². The van der Waals surface area contributed by atoms with E-state index in [0.717, 1.165) is 55.4 Å². The highest BCUT2D eigenvalue weighted by Gasteiger charge is 2.16. The number of ether oxygens (including phenoxy) is 1. The van der Waals surface area contributed by atoms with Gasteiger partial charge in [0, 0.05) is 40.0 Å². The third kappa shape index (κ3) is 4.61. The lowest BCUT2D eigenvalue weighted by Crippen LogP contribution is -2.17. The molecule has 3 heterocycles. The standard InChI is InChI=1S/C31H26FN5O2/c1-17(2)31(38)34-22-10-20(15-33-16-22)18-7-8-28-26(12-18)30(37-36-28)29-14-25-24(5-4-6-27(25)35-29)19-9-21(32)13-23(11-19)39-3/h4-17,35H,1-3H3,(H,34,38)(H,36,37). The first kappa shape index (κ1) is 24.4. The molecule has 0 aliphatic carbocycles. The van der Waals surface area contributed by atoms with E-state index >= 15 is 0 Å². The first-order chi connectivity index (χ1) is 18.9. The van der Waals surface area contributed by atoms with E-state index in [2.05, 4.69) is 31.5 Å². The number of hydrogen-bond donors (Lipinski definition) is 3. The topological polar surface area (TPSA) is 95.7 Å². The van der Waals surface area contributed by atoms with E-state index in [1.165, 1.54) is 19.2 Å². The Labute approximate surface area is 224 Å². The van der Waals surface area contributed by atoms with Gasteiger partial charge in [0.05, 0.1) is 30.2 Å². The van der Waals surface area contributed by atoms with Gasteiger partial charge in [0.1, 0.15) is 17.3 Å². The molecule has 39 heavy (non-hydrogen) atoms. The molecule has 7 nitrogen and oxygen atoms in total. The van der Waals surface area contributed by atoms with Crippen LogP contribution in [0.3, 0.4) is 0 Å². The maximum atomic E-state index is 14.3. The monoisotopic (exact) mass is 519 g/mol. The van der Waals surface area contributed by atoms with Crippen LogP contribution < -0.4 is 10.1 Å². The molecule has 194 valence electrons. The van der Waals surface area contributed by atoms with Crippen molar-refractivity contribution in [2.45, 2.75) is 13.8 Å². The lowest BCUT2D eigenvalue weighted by molar-refractivity contribution is -0.118.